The lowest BCUT2D eigenvalue weighted by atomic mass is 9.45. The first kappa shape index (κ1) is 30.4. The van der Waals surface area contributed by atoms with Crippen molar-refractivity contribution in [2.45, 2.75) is 115 Å². The Morgan fingerprint density at radius 2 is 1.71 bits per heavy atom. The van der Waals surface area contributed by atoms with Crippen LogP contribution in [0.15, 0.2) is 35.9 Å². The van der Waals surface area contributed by atoms with Crippen LogP contribution in [-0.2, 0) is 10.4 Å². The Kier molecular flexibility index (Phi) is 7.42. The van der Waals surface area contributed by atoms with Gasteiger partial charge in [0, 0.05) is 11.3 Å². The quantitative estimate of drug-likeness (QED) is 0.313. The molecule has 0 heterocycles. The maximum atomic E-state index is 13.5. The number of ketones is 1. The zero-order valence-electron chi connectivity index (χ0n) is 25.2. The van der Waals surface area contributed by atoms with Crippen molar-refractivity contribution in [3.05, 3.63) is 47.0 Å². The molecule has 9 atom stereocenters. The van der Waals surface area contributed by atoms with Crippen LogP contribution < -0.4 is 0 Å². The first-order valence-electron chi connectivity index (χ1n) is 15.4. The molecule has 0 radical (unpaired) electrons. The molecule has 3 saturated carbocycles. The van der Waals surface area contributed by atoms with Crippen LogP contribution >= 0.6 is 0 Å². The van der Waals surface area contributed by atoms with Crippen LogP contribution in [0.2, 0.25) is 0 Å². The Labute approximate surface area is 243 Å². The van der Waals surface area contributed by atoms with Gasteiger partial charge in [0.05, 0.1) is 28.5 Å². The maximum absolute atomic E-state index is 13.5. The lowest BCUT2D eigenvalue weighted by Gasteiger charge is -2.60. The van der Waals surface area contributed by atoms with Crippen molar-refractivity contribution in [2.24, 2.45) is 34.5 Å². The Balaban J connectivity index is 1.55. The molecule has 5 N–H and O–H groups in total. The molecule has 5 rings (SSSR count). The average Bonchev–Trinajstić information content (AvgIpc) is 3.18. The molecule has 7 heteroatoms. The number of carboxylic acids is 1. The Hall–Kier alpha value is -2.06. The number of rotatable bonds is 7. The summed E-state index contributed by atoms with van der Waals surface area (Å²) in [6.07, 6.45) is 6.20. The minimum Gasteiger partial charge on any atom is -0.478 e. The number of aliphatic hydroxyl groups is 4. The zero-order chi connectivity index (χ0) is 30.2. The number of carbonyl (C=O) groups is 2. The number of hydrogen-bond donors (Lipinski definition) is 5. The van der Waals surface area contributed by atoms with Crippen molar-refractivity contribution in [1.29, 1.82) is 0 Å². The van der Waals surface area contributed by atoms with Gasteiger partial charge in [-0.1, -0.05) is 39.0 Å². The molecule has 0 aliphatic heterocycles. The normalized spacial score (nSPS) is 39.1. The summed E-state index contributed by atoms with van der Waals surface area (Å²) < 4.78 is 0. The van der Waals surface area contributed by atoms with Crippen LogP contribution in [0.1, 0.15) is 108 Å². The fourth-order valence-corrected chi connectivity index (χ4v) is 9.64. The highest BCUT2D eigenvalue weighted by molar-refractivity contribution is 5.95. The molecule has 4 aliphatic rings. The molecular weight excluding hydrogens is 520 g/mol. The molecule has 226 valence electrons. The molecule has 4 aliphatic carbocycles. The van der Waals surface area contributed by atoms with Gasteiger partial charge in [-0.25, -0.2) is 4.79 Å². The minimum atomic E-state index is -1.56. The average molecular weight is 569 g/mol. The third-order valence-electron chi connectivity index (χ3n) is 12.2. The molecule has 3 fully saturated rings. The van der Waals surface area contributed by atoms with Crippen molar-refractivity contribution in [1.82, 2.24) is 0 Å². The SMILES string of the molecule is C[C@@H]([C@H]1CC[C@@]2(O)C3=CC(=O)[C@@H]4C[C@@H](O)CC[C@]4(C)[C@H]3CC[C@]12C)[C@](O)(CCC(C)(C)O)c1ccccc1C(=O)O. The largest absolute Gasteiger partial charge is 0.478 e. The van der Waals surface area contributed by atoms with Crippen molar-refractivity contribution in [2.75, 3.05) is 0 Å². The molecule has 41 heavy (non-hydrogen) atoms. The second-order valence-corrected chi connectivity index (χ2v) is 14.9. The van der Waals surface area contributed by atoms with E-state index in [2.05, 4.69) is 13.8 Å². The van der Waals surface area contributed by atoms with Crippen molar-refractivity contribution >= 4 is 11.8 Å². The summed E-state index contributed by atoms with van der Waals surface area (Å²) in [6, 6.07) is 6.56. The fourth-order valence-electron chi connectivity index (χ4n) is 9.64. The Morgan fingerprint density at radius 3 is 2.37 bits per heavy atom. The number of fused-ring (bicyclic) bond motifs is 5. The first-order valence-corrected chi connectivity index (χ1v) is 15.4. The molecule has 1 aromatic rings. The topological polar surface area (TPSA) is 135 Å². The van der Waals surface area contributed by atoms with E-state index >= 15 is 0 Å². The highest BCUT2D eigenvalue weighted by atomic mass is 16.4. The zero-order valence-corrected chi connectivity index (χ0v) is 25.2. The van der Waals surface area contributed by atoms with Gasteiger partial charge in [0.2, 0.25) is 0 Å². The van der Waals surface area contributed by atoms with Gasteiger partial charge in [-0.15, -0.1) is 0 Å². The number of allylic oxidation sites excluding steroid dienone is 1. The second kappa shape index (κ2) is 10.0. The highest BCUT2D eigenvalue weighted by Crippen LogP contribution is 2.69. The van der Waals surface area contributed by atoms with Gasteiger partial charge >= 0.3 is 5.97 Å². The monoisotopic (exact) mass is 568 g/mol. The summed E-state index contributed by atoms with van der Waals surface area (Å²) in [6.45, 7) is 9.57. The third-order valence-corrected chi connectivity index (χ3v) is 12.2. The summed E-state index contributed by atoms with van der Waals surface area (Å²) in [5, 5.41) is 56.1. The smallest absolute Gasteiger partial charge is 0.336 e. The van der Waals surface area contributed by atoms with Crippen LogP contribution in [0.25, 0.3) is 0 Å². The van der Waals surface area contributed by atoms with Crippen LogP contribution in [-0.4, -0.2) is 54.6 Å². The Bertz CT molecular complexity index is 1250. The molecular formula is C34H48O7. The molecule has 1 aromatic carbocycles. The summed E-state index contributed by atoms with van der Waals surface area (Å²) in [5.74, 6) is -1.87. The van der Waals surface area contributed by atoms with Crippen molar-refractivity contribution in [3.63, 3.8) is 0 Å². The second-order valence-electron chi connectivity index (χ2n) is 14.9. The number of carbonyl (C=O) groups excluding carboxylic acids is 1. The molecule has 7 nitrogen and oxygen atoms in total. The summed E-state index contributed by atoms with van der Waals surface area (Å²) >= 11 is 0. The van der Waals surface area contributed by atoms with Crippen LogP contribution in [0.3, 0.4) is 0 Å². The molecule has 0 aromatic heterocycles. The van der Waals surface area contributed by atoms with E-state index in [9.17, 15) is 35.1 Å². The molecule has 0 spiro atoms. The van der Waals surface area contributed by atoms with E-state index in [1.54, 1.807) is 38.1 Å². The van der Waals surface area contributed by atoms with Gasteiger partial charge in [-0.3, -0.25) is 4.79 Å². The number of benzene rings is 1. The first-order chi connectivity index (χ1) is 19.0. The number of carboxylic acid groups (broad SMARTS) is 1. The Morgan fingerprint density at radius 1 is 1.02 bits per heavy atom. The number of aromatic carboxylic acids is 1. The van der Waals surface area contributed by atoms with Crippen LogP contribution in [0, 0.1) is 34.5 Å². The van der Waals surface area contributed by atoms with Gasteiger partial charge in [-0.2, -0.15) is 0 Å². The van der Waals surface area contributed by atoms with E-state index in [0.29, 0.717) is 31.2 Å². The van der Waals surface area contributed by atoms with Gasteiger partial charge in [-0.05, 0) is 118 Å². The predicted octanol–water partition coefficient (Wildman–Crippen LogP) is 4.99. The van der Waals surface area contributed by atoms with Crippen LogP contribution in [0.5, 0.6) is 0 Å². The summed E-state index contributed by atoms with van der Waals surface area (Å²) in [5.41, 5.74) is -3.55. The van der Waals surface area contributed by atoms with E-state index in [0.717, 1.165) is 24.8 Å². The standard InChI is InChI=1S/C34H48O7/c1-20(33(40,17-16-30(2,3)39)24-9-7-6-8-22(24)29(37)38)23-12-15-34(41)26-19-28(36)27-18-21(35)10-13-31(27,4)25(26)11-14-32(23,34)5/h6-9,19-21,23,25,27,35,39-41H,10-18H2,1-5H3,(H,37,38)/t20-,21-,23+,25-,27-,31+,32+,33+,34+/m0/s1. The van der Waals surface area contributed by atoms with E-state index in [-0.39, 0.29) is 47.4 Å². The van der Waals surface area contributed by atoms with Gasteiger partial charge in [0.15, 0.2) is 5.78 Å². The molecule has 0 saturated heterocycles. The van der Waals surface area contributed by atoms with Crippen molar-refractivity contribution < 1.29 is 35.1 Å². The third kappa shape index (κ3) is 4.62. The van der Waals surface area contributed by atoms with Gasteiger partial charge in [0.1, 0.15) is 0 Å². The van der Waals surface area contributed by atoms with Gasteiger partial charge in [0.25, 0.3) is 0 Å². The predicted molar refractivity (Wildman–Crippen MR) is 155 cm³/mol. The lowest BCUT2D eigenvalue weighted by Crippen LogP contribution is -2.60. The van der Waals surface area contributed by atoms with E-state index in [1.807, 2.05) is 6.92 Å². The number of aliphatic hydroxyl groups excluding tert-OH is 1. The van der Waals surface area contributed by atoms with Gasteiger partial charge < -0.3 is 25.5 Å². The van der Waals surface area contributed by atoms with E-state index < -0.39 is 40.2 Å². The molecule has 0 amide bonds. The van der Waals surface area contributed by atoms with Crippen molar-refractivity contribution in [3.8, 4) is 0 Å². The van der Waals surface area contributed by atoms with Crippen LogP contribution in [0.4, 0.5) is 0 Å². The maximum Gasteiger partial charge on any atom is 0.336 e. The summed E-state index contributed by atoms with van der Waals surface area (Å²) in [4.78, 5) is 25.7. The van der Waals surface area contributed by atoms with E-state index in [1.165, 1.54) is 6.07 Å². The summed E-state index contributed by atoms with van der Waals surface area (Å²) in [7, 11) is 0. The molecule has 0 unspecified atom stereocenters. The van der Waals surface area contributed by atoms with E-state index in [4.69, 9.17) is 0 Å². The minimum absolute atomic E-state index is 0.00346. The lowest BCUT2D eigenvalue weighted by molar-refractivity contribution is -0.148. The highest BCUT2D eigenvalue weighted by Gasteiger charge is 2.67. The fraction of sp³-hybridized carbons (Fsp3) is 0.706. The molecule has 0 bridgehead atoms. The number of hydrogen-bond acceptors (Lipinski definition) is 6.